The van der Waals surface area contributed by atoms with E-state index < -0.39 is 0 Å². The van der Waals surface area contributed by atoms with Crippen LogP contribution in [0.1, 0.15) is 61.5 Å². The van der Waals surface area contributed by atoms with Crippen LogP contribution in [0, 0.1) is 0 Å². The van der Waals surface area contributed by atoms with Crippen molar-refractivity contribution < 1.29 is 13.9 Å². The lowest BCUT2D eigenvalue weighted by atomic mass is 9.92. The molecule has 2 atom stereocenters. The zero-order chi connectivity index (χ0) is 26.0. The highest BCUT2D eigenvalue weighted by molar-refractivity contribution is 5.98. The largest absolute Gasteiger partial charge is 0.440 e. The van der Waals surface area contributed by atoms with Gasteiger partial charge in [0.1, 0.15) is 0 Å². The molecule has 1 saturated heterocycles. The molecule has 1 unspecified atom stereocenters. The van der Waals surface area contributed by atoms with Crippen LogP contribution >= 0.6 is 0 Å². The minimum atomic E-state index is -0.384. The summed E-state index contributed by atoms with van der Waals surface area (Å²) in [5.74, 6) is 1.40. The van der Waals surface area contributed by atoms with Gasteiger partial charge in [0.2, 0.25) is 0 Å². The minimum Gasteiger partial charge on any atom is -0.440 e. The van der Waals surface area contributed by atoms with E-state index in [1.807, 2.05) is 73.3 Å². The molecule has 5 rings (SSSR count). The summed E-state index contributed by atoms with van der Waals surface area (Å²) in [6.45, 7) is 6.72. The highest BCUT2D eigenvalue weighted by Gasteiger charge is 2.35. The number of likely N-dealkylation sites (tertiary alicyclic amines) is 1. The van der Waals surface area contributed by atoms with Crippen LogP contribution in [0.4, 0.5) is 0 Å². The molecule has 37 heavy (non-hydrogen) atoms. The second kappa shape index (κ2) is 10.3. The van der Waals surface area contributed by atoms with E-state index >= 15 is 0 Å². The number of hydrogen-bond acceptors (Lipinski definition) is 6. The molecule has 4 aromatic rings. The highest BCUT2D eigenvalue weighted by atomic mass is 16.5. The molecule has 1 aliphatic heterocycles. The molecular weight excluding hydrogens is 466 g/mol. The molecule has 0 bridgehead atoms. The van der Waals surface area contributed by atoms with Crippen molar-refractivity contribution in [3.05, 3.63) is 84.1 Å². The maximum absolute atomic E-state index is 13.8. The smallest absolute Gasteiger partial charge is 0.256 e. The maximum Gasteiger partial charge on any atom is 0.256 e. The monoisotopic (exact) mass is 499 g/mol. The molecule has 8 nitrogen and oxygen atoms in total. The van der Waals surface area contributed by atoms with Gasteiger partial charge in [0.05, 0.1) is 40.9 Å². The maximum atomic E-state index is 13.8. The Morgan fingerprint density at radius 1 is 1.05 bits per heavy atom. The molecule has 0 spiro atoms. The van der Waals surface area contributed by atoms with Crippen LogP contribution in [0.3, 0.4) is 0 Å². The van der Waals surface area contributed by atoms with E-state index in [2.05, 4.69) is 17.1 Å². The molecule has 8 heteroatoms. The SMILES string of the molecule is COC(C)(C)Cc1nc(C2CC[C@@H](C)N(C(=O)c3ccccc3-n3nccn3)C2)oc1-c1ccccc1. The molecule has 192 valence electrons. The predicted octanol–water partition coefficient (Wildman–Crippen LogP) is 5.30. The highest BCUT2D eigenvalue weighted by Crippen LogP contribution is 2.36. The molecule has 1 fully saturated rings. The zero-order valence-corrected chi connectivity index (χ0v) is 21.8. The second-order valence-corrected chi connectivity index (χ2v) is 10.3. The van der Waals surface area contributed by atoms with Crippen LogP contribution in [-0.4, -0.2) is 56.1 Å². The Bertz CT molecular complexity index is 1350. The van der Waals surface area contributed by atoms with Gasteiger partial charge in [-0.15, -0.1) is 0 Å². The minimum absolute atomic E-state index is 0.00277. The summed E-state index contributed by atoms with van der Waals surface area (Å²) in [7, 11) is 1.71. The molecule has 1 aliphatic rings. The van der Waals surface area contributed by atoms with Crippen LogP contribution in [-0.2, 0) is 11.2 Å². The zero-order valence-electron chi connectivity index (χ0n) is 21.8. The number of carbonyl (C=O) groups excluding carboxylic acids is 1. The van der Waals surface area contributed by atoms with Crippen LogP contribution in [0.25, 0.3) is 17.0 Å². The van der Waals surface area contributed by atoms with Crippen molar-refractivity contribution in [3.63, 3.8) is 0 Å². The van der Waals surface area contributed by atoms with E-state index in [9.17, 15) is 4.79 Å². The first-order valence-corrected chi connectivity index (χ1v) is 12.7. The Hall–Kier alpha value is -3.78. The lowest BCUT2D eigenvalue weighted by Gasteiger charge is -2.37. The molecular formula is C29H33N5O3. The average molecular weight is 500 g/mol. The number of para-hydroxylation sites is 1. The summed E-state index contributed by atoms with van der Waals surface area (Å²) >= 11 is 0. The molecule has 2 aromatic carbocycles. The van der Waals surface area contributed by atoms with Gasteiger partial charge < -0.3 is 14.1 Å². The van der Waals surface area contributed by atoms with E-state index in [-0.39, 0.29) is 23.5 Å². The summed E-state index contributed by atoms with van der Waals surface area (Å²) in [5, 5.41) is 8.47. The number of benzene rings is 2. The van der Waals surface area contributed by atoms with Gasteiger partial charge in [-0.05, 0) is 45.7 Å². The molecule has 0 N–H and O–H groups in total. The van der Waals surface area contributed by atoms with E-state index in [4.69, 9.17) is 14.1 Å². The van der Waals surface area contributed by atoms with Gasteiger partial charge in [-0.1, -0.05) is 42.5 Å². The lowest BCUT2D eigenvalue weighted by molar-refractivity contribution is 0.0225. The molecule has 0 saturated carbocycles. The van der Waals surface area contributed by atoms with Gasteiger partial charge in [0.25, 0.3) is 5.91 Å². The first kappa shape index (κ1) is 24.9. The van der Waals surface area contributed by atoms with Crippen molar-refractivity contribution >= 4 is 5.91 Å². The summed E-state index contributed by atoms with van der Waals surface area (Å²) in [6.07, 6.45) is 5.59. The van der Waals surface area contributed by atoms with Gasteiger partial charge in [0, 0.05) is 31.7 Å². The number of hydrogen-bond donors (Lipinski definition) is 0. The molecule has 2 aromatic heterocycles. The Balaban J connectivity index is 1.45. The predicted molar refractivity (Wildman–Crippen MR) is 141 cm³/mol. The van der Waals surface area contributed by atoms with Crippen molar-refractivity contribution in [2.75, 3.05) is 13.7 Å². The first-order valence-electron chi connectivity index (χ1n) is 12.7. The van der Waals surface area contributed by atoms with E-state index in [0.717, 1.165) is 29.9 Å². The fraction of sp³-hybridized carbons (Fsp3) is 0.379. The van der Waals surface area contributed by atoms with Gasteiger partial charge >= 0.3 is 0 Å². The Labute approximate surface area is 217 Å². The third kappa shape index (κ3) is 5.20. The van der Waals surface area contributed by atoms with Crippen molar-refractivity contribution in [1.29, 1.82) is 0 Å². The molecule has 1 amide bonds. The average Bonchev–Trinajstić information content (AvgIpc) is 3.60. The van der Waals surface area contributed by atoms with Gasteiger partial charge in [-0.2, -0.15) is 15.0 Å². The number of carbonyl (C=O) groups is 1. The van der Waals surface area contributed by atoms with Crippen molar-refractivity contribution in [2.45, 2.75) is 57.6 Å². The van der Waals surface area contributed by atoms with Gasteiger partial charge in [0.15, 0.2) is 11.7 Å². The summed E-state index contributed by atoms with van der Waals surface area (Å²) < 4.78 is 12.1. The Morgan fingerprint density at radius 3 is 2.49 bits per heavy atom. The Morgan fingerprint density at radius 2 is 1.76 bits per heavy atom. The van der Waals surface area contributed by atoms with E-state index in [1.54, 1.807) is 19.5 Å². The number of aromatic nitrogens is 4. The normalized spacial score (nSPS) is 18.2. The topological polar surface area (TPSA) is 86.3 Å². The fourth-order valence-electron chi connectivity index (χ4n) is 4.87. The van der Waals surface area contributed by atoms with E-state index in [1.165, 1.54) is 4.80 Å². The van der Waals surface area contributed by atoms with Crippen molar-refractivity contribution in [3.8, 4) is 17.0 Å². The number of ether oxygens (including phenoxy) is 1. The number of amides is 1. The Kier molecular flexibility index (Phi) is 6.93. The molecule has 0 radical (unpaired) electrons. The lowest BCUT2D eigenvalue weighted by Crippen LogP contribution is -2.45. The molecule has 3 heterocycles. The fourth-order valence-corrected chi connectivity index (χ4v) is 4.87. The number of oxazole rings is 1. The number of methoxy groups -OCH3 is 1. The van der Waals surface area contributed by atoms with Crippen molar-refractivity contribution in [2.24, 2.45) is 0 Å². The first-order chi connectivity index (χ1) is 17.9. The van der Waals surface area contributed by atoms with Crippen LogP contribution in [0.5, 0.6) is 0 Å². The second-order valence-electron chi connectivity index (χ2n) is 10.3. The van der Waals surface area contributed by atoms with Gasteiger partial charge in [-0.3, -0.25) is 4.79 Å². The van der Waals surface area contributed by atoms with Crippen LogP contribution in [0.15, 0.2) is 71.4 Å². The third-order valence-electron chi connectivity index (χ3n) is 7.16. The summed E-state index contributed by atoms with van der Waals surface area (Å²) in [4.78, 5) is 22.2. The van der Waals surface area contributed by atoms with Crippen molar-refractivity contribution in [1.82, 2.24) is 24.9 Å². The summed E-state index contributed by atoms with van der Waals surface area (Å²) in [5.41, 5.74) is 2.72. The summed E-state index contributed by atoms with van der Waals surface area (Å²) in [6, 6.07) is 17.6. The van der Waals surface area contributed by atoms with Crippen LogP contribution in [0.2, 0.25) is 0 Å². The standard InChI is InChI=1S/C29H33N5O3/c1-20-14-15-22(19-33(20)28(35)23-12-8-9-13-25(23)34-30-16-17-31-34)27-32-24(18-29(2,3)36-4)26(37-27)21-10-6-5-7-11-21/h5-13,16-17,20,22H,14-15,18-19H2,1-4H3/t20-,22?/m1/s1. The van der Waals surface area contributed by atoms with E-state index in [0.29, 0.717) is 30.1 Å². The van der Waals surface area contributed by atoms with Crippen LogP contribution < -0.4 is 0 Å². The quantitative estimate of drug-likeness (QED) is 0.343. The number of piperidine rings is 1. The van der Waals surface area contributed by atoms with Gasteiger partial charge in [-0.25, -0.2) is 4.98 Å². The number of nitrogens with zero attached hydrogens (tertiary/aromatic N) is 5. The number of rotatable bonds is 7. The third-order valence-corrected chi connectivity index (χ3v) is 7.16. The molecule has 0 aliphatic carbocycles.